The highest BCUT2D eigenvalue weighted by Crippen LogP contribution is 2.27. The number of methoxy groups -OCH3 is 1. The van der Waals surface area contributed by atoms with Gasteiger partial charge in [-0.25, -0.2) is 4.39 Å². The molecule has 0 aliphatic rings. The van der Waals surface area contributed by atoms with Gasteiger partial charge in [-0.1, -0.05) is 15.9 Å². The second-order valence-electron chi connectivity index (χ2n) is 1.94. The van der Waals surface area contributed by atoms with Gasteiger partial charge in [-0.3, -0.25) is 0 Å². The van der Waals surface area contributed by atoms with Crippen LogP contribution in [0.1, 0.15) is 0 Å². The van der Waals surface area contributed by atoms with Crippen molar-refractivity contribution in [3.8, 4) is 5.75 Å². The zero-order valence-corrected chi connectivity index (χ0v) is 8.25. The van der Waals surface area contributed by atoms with E-state index in [9.17, 15) is 4.39 Å². The molecule has 0 bridgehead atoms. The van der Waals surface area contributed by atoms with E-state index in [1.54, 1.807) is 12.1 Å². The zero-order chi connectivity index (χ0) is 8.43. The second kappa shape index (κ2) is 3.45. The van der Waals surface area contributed by atoms with Crippen molar-refractivity contribution in [2.75, 3.05) is 7.11 Å². The molecule has 0 aromatic heterocycles. The Morgan fingerprint density at radius 2 is 2.18 bits per heavy atom. The highest BCUT2D eigenvalue weighted by Gasteiger charge is 2.06. The van der Waals surface area contributed by atoms with Crippen LogP contribution in [0.15, 0.2) is 21.5 Å². The van der Waals surface area contributed by atoms with Gasteiger partial charge in [-0.15, -0.1) is 12.6 Å². The van der Waals surface area contributed by atoms with Gasteiger partial charge in [-0.2, -0.15) is 0 Å². The lowest BCUT2D eigenvalue weighted by atomic mass is 10.3. The first kappa shape index (κ1) is 8.87. The molecule has 1 aromatic carbocycles. The summed E-state index contributed by atoms with van der Waals surface area (Å²) in [5.41, 5.74) is 0. The number of thiol groups is 1. The lowest BCUT2D eigenvalue weighted by molar-refractivity contribution is 0.381. The van der Waals surface area contributed by atoms with E-state index >= 15 is 0 Å². The van der Waals surface area contributed by atoms with Gasteiger partial charge in [-0.05, 0) is 12.1 Å². The van der Waals surface area contributed by atoms with Crippen molar-refractivity contribution in [1.29, 1.82) is 0 Å². The van der Waals surface area contributed by atoms with Gasteiger partial charge in [0.25, 0.3) is 0 Å². The van der Waals surface area contributed by atoms with Crippen molar-refractivity contribution >= 4 is 28.6 Å². The summed E-state index contributed by atoms with van der Waals surface area (Å²) in [6.07, 6.45) is 0. The molecule has 0 aliphatic carbocycles. The predicted octanol–water partition coefficient (Wildman–Crippen LogP) is 2.89. The minimum atomic E-state index is -0.431. The predicted molar refractivity (Wildman–Crippen MR) is 47.9 cm³/mol. The van der Waals surface area contributed by atoms with E-state index in [-0.39, 0.29) is 10.6 Å². The maximum absolute atomic E-state index is 13.0. The van der Waals surface area contributed by atoms with E-state index in [2.05, 4.69) is 28.6 Å². The first-order valence-corrected chi connectivity index (χ1v) is 4.11. The zero-order valence-electron chi connectivity index (χ0n) is 5.77. The van der Waals surface area contributed by atoms with Gasteiger partial charge in [0, 0.05) is 9.37 Å². The number of ether oxygens (including phenoxy) is 1. The van der Waals surface area contributed by atoms with Crippen LogP contribution in [0, 0.1) is 5.82 Å². The molecule has 0 unspecified atom stereocenters. The number of halogens is 2. The number of rotatable bonds is 1. The van der Waals surface area contributed by atoms with Crippen molar-refractivity contribution in [1.82, 2.24) is 0 Å². The highest BCUT2D eigenvalue weighted by atomic mass is 79.9. The van der Waals surface area contributed by atoms with E-state index in [0.29, 0.717) is 0 Å². The van der Waals surface area contributed by atoms with Crippen LogP contribution >= 0.6 is 28.6 Å². The van der Waals surface area contributed by atoms with E-state index in [0.717, 1.165) is 4.47 Å². The average molecular weight is 237 g/mol. The largest absolute Gasteiger partial charge is 0.494 e. The normalized spacial score (nSPS) is 9.82. The van der Waals surface area contributed by atoms with E-state index in [1.807, 2.05) is 0 Å². The maximum Gasteiger partial charge on any atom is 0.178 e. The molecule has 1 nitrogen and oxygen atoms in total. The van der Waals surface area contributed by atoms with Gasteiger partial charge in [0.1, 0.15) is 0 Å². The molecule has 1 aromatic rings. The number of hydrogen-bond donors (Lipinski definition) is 1. The fourth-order valence-electron chi connectivity index (χ4n) is 0.699. The molecule has 4 heteroatoms. The lowest BCUT2D eigenvalue weighted by Crippen LogP contribution is -1.88. The van der Waals surface area contributed by atoms with Gasteiger partial charge in [0.15, 0.2) is 11.6 Å². The topological polar surface area (TPSA) is 9.23 Å². The van der Waals surface area contributed by atoms with Crippen molar-refractivity contribution in [2.45, 2.75) is 4.90 Å². The van der Waals surface area contributed by atoms with Crippen LogP contribution < -0.4 is 4.74 Å². The van der Waals surface area contributed by atoms with Gasteiger partial charge >= 0.3 is 0 Å². The quantitative estimate of drug-likeness (QED) is 0.739. The molecule has 0 amide bonds. The standard InChI is InChI=1S/C7H6BrFOS/c1-10-5-2-4(8)3-6(11)7(5)9/h2-3,11H,1H3. The third-order valence-corrected chi connectivity index (χ3v) is 1.99. The molecule has 0 N–H and O–H groups in total. The summed E-state index contributed by atoms with van der Waals surface area (Å²) in [6.45, 7) is 0. The van der Waals surface area contributed by atoms with Crippen LogP contribution in [0.3, 0.4) is 0 Å². The van der Waals surface area contributed by atoms with Crippen LogP contribution in [0.4, 0.5) is 4.39 Å². The van der Waals surface area contributed by atoms with Crippen LogP contribution in [0.2, 0.25) is 0 Å². The summed E-state index contributed by atoms with van der Waals surface area (Å²) in [5, 5.41) is 0. The Hall–Kier alpha value is -0.220. The Bertz CT molecular complexity index is 277. The van der Waals surface area contributed by atoms with Gasteiger partial charge in [0.05, 0.1) is 7.11 Å². The van der Waals surface area contributed by atoms with Crippen LogP contribution in [0.25, 0.3) is 0 Å². The number of benzene rings is 1. The van der Waals surface area contributed by atoms with Crippen molar-refractivity contribution < 1.29 is 9.13 Å². The molecule has 1 rings (SSSR count). The molecule has 0 atom stereocenters. The van der Waals surface area contributed by atoms with E-state index in [1.165, 1.54) is 7.11 Å². The van der Waals surface area contributed by atoms with E-state index < -0.39 is 5.82 Å². The summed E-state index contributed by atoms with van der Waals surface area (Å²) in [4.78, 5) is 0.274. The fraction of sp³-hybridized carbons (Fsp3) is 0.143. The summed E-state index contributed by atoms with van der Waals surface area (Å²) in [6, 6.07) is 3.12. The molecule has 0 fully saturated rings. The Labute approximate surface area is 78.1 Å². The van der Waals surface area contributed by atoms with Crippen molar-refractivity contribution in [3.63, 3.8) is 0 Å². The van der Waals surface area contributed by atoms with Crippen LogP contribution in [0.5, 0.6) is 5.75 Å². The summed E-state index contributed by atoms with van der Waals surface area (Å²) in [5.74, 6) is -0.233. The molecule has 11 heavy (non-hydrogen) atoms. The summed E-state index contributed by atoms with van der Waals surface area (Å²) >= 11 is 7.10. The first-order chi connectivity index (χ1) is 5.15. The SMILES string of the molecule is COc1cc(Br)cc(S)c1F. The molecule has 0 saturated heterocycles. The number of hydrogen-bond acceptors (Lipinski definition) is 2. The molecule has 0 radical (unpaired) electrons. The van der Waals surface area contributed by atoms with Crippen LogP contribution in [-0.2, 0) is 0 Å². The van der Waals surface area contributed by atoms with Crippen LogP contribution in [-0.4, -0.2) is 7.11 Å². The molecular formula is C7H6BrFOS. The molecule has 0 saturated carbocycles. The summed E-state index contributed by atoms with van der Waals surface area (Å²) in [7, 11) is 1.41. The Kier molecular flexibility index (Phi) is 2.78. The van der Waals surface area contributed by atoms with Gasteiger partial charge in [0.2, 0.25) is 0 Å². The Morgan fingerprint density at radius 3 is 2.73 bits per heavy atom. The highest BCUT2D eigenvalue weighted by molar-refractivity contribution is 9.10. The minimum absolute atomic E-state index is 0.198. The molecule has 60 valence electrons. The third kappa shape index (κ3) is 1.87. The lowest BCUT2D eigenvalue weighted by Gasteiger charge is -2.03. The Balaban J connectivity index is 3.24. The monoisotopic (exact) mass is 236 g/mol. The molecular weight excluding hydrogens is 231 g/mol. The fourth-order valence-corrected chi connectivity index (χ4v) is 1.56. The molecule has 0 aliphatic heterocycles. The molecule has 0 spiro atoms. The smallest absolute Gasteiger partial charge is 0.178 e. The Morgan fingerprint density at radius 1 is 1.55 bits per heavy atom. The minimum Gasteiger partial charge on any atom is -0.494 e. The second-order valence-corrected chi connectivity index (χ2v) is 3.34. The molecule has 0 heterocycles. The average Bonchev–Trinajstić information content (AvgIpc) is 1.96. The van der Waals surface area contributed by atoms with Crippen molar-refractivity contribution in [3.05, 3.63) is 22.4 Å². The maximum atomic E-state index is 13.0. The first-order valence-electron chi connectivity index (χ1n) is 2.87. The van der Waals surface area contributed by atoms with E-state index in [4.69, 9.17) is 4.74 Å². The summed E-state index contributed by atoms with van der Waals surface area (Å²) < 4.78 is 18.5. The van der Waals surface area contributed by atoms with Crippen molar-refractivity contribution in [2.24, 2.45) is 0 Å². The third-order valence-electron chi connectivity index (χ3n) is 1.20. The van der Waals surface area contributed by atoms with Gasteiger partial charge < -0.3 is 4.74 Å².